The Balaban J connectivity index is 3.00. The summed E-state index contributed by atoms with van der Waals surface area (Å²) in [5.41, 5.74) is -0.779. The van der Waals surface area contributed by atoms with Gasteiger partial charge in [-0.3, -0.25) is 4.79 Å². The highest BCUT2D eigenvalue weighted by Gasteiger charge is 2.42. The molecule has 1 aromatic carbocycles. The quantitative estimate of drug-likeness (QED) is 0.431. The molecule has 0 aromatic heterocycles. The largest absolute Gasteiger partial charge is 0.460 e. The molecular weight excluding hydrogens is 446 g/mol. The molecule has 0 saturated carbocycles. The van der Waals surface area contributed by atoms with Gasteiger partial charge in [-0.2, -0.15) is 0 Å². The van der Waals surface area contributed by atoms with Gasteiger partial charge in [-0.15, -0.1) is 0 Å². The number of esters is 1. The van der Waals surface area contributed by atoms with Gasteiger partial charge < -0.3 is 14.4 Å². The first-order chi connectivity index (χ1) is 13.5. The van der Waals surface area contributed by atoms with Gasteiger partial charge in [-0.1, -0.05) is 35.0 Å². The Hall–Kier alpha value is -1.56. The van der Waals surface area contributed by atoms with Crippen LogP contribution in [0.25, 0.3) is 0 Å². The Labute approximate surface area is 190 Å². The summed E-state index contributed by atoms with van der Waals surface area (Å²) in [7, 11) is 1.72. The second kappa shape index (κ2) is 10.2. The Morgan fingerprint density at radius 2 is 1.60 bits per heavy atom. The number of ether oxygens (including phenoxy) is 2. The number of nitrogens with zero attached hydrogens (tertiary/aromatic N) is 1. The highest BCUT2D eigenvalue weighted by atomic mass is 79.9. The van der Waals surface area contributed by atoms with Crippen LogP contribution in [0.15, 0.2) is 28.7 Å². The van der Waals surface area contributed by atoms with E-state index < -0.39 is 16.6 Å². The Morgan fingerprint density at radius 3 is 2.10 bits per heavy atom. The second-order valence-electron chi connectivity index (χ2n) is 10.3. The third kappa shape index (κ3) is 8.66. The van der Waals surface area contributed by atoms with Crippen molar-refractivity contribution in [3.05, 3.63) is 34.3 Å². The number of halogens is 1. The summed E-state index contributed by atoms with van der Waals surface area (Å²) in [6.07, 6.45) is 0.846. The number of hydrogen-bond donors (Lipinski definition) is 0. The second-order valence-corrected chi connectivity index (χ2v) is 11.2. The van der Waals surface area contributed by atoms with Crippen LogP contribution >= 0.6 is 15.9 Å². The van der Waals surface area contributed by atoms with Gasteiger partial charge in [0, 0.05) is 18.1 Å². The average Bonchev–Trinajstić information content (AvgIpc) is 2.56. The monoisotopic (exact) mass is 483 g/mol. The summed E-state index contributed by atoms with van der Waals surface area (Å²) in [5, 5.41) is 0. The zero-order valence-electron chi connectivity index (χ0n) is 20.0. The van der Waals surface area contributed by atoms with E-state index in [9.17, 15) is 9.59 Å². The van der Waals surface area contributed by atoms with E-state index in [2.05, 4.69) is 15.9 Å². The lowest BCUT2D eigenvalue weighted by molar-refractivity contribution is -0.170. The van der Waals surface area contributed by atoms with E-state index in [1.165, 1.54) is 0 Å². The zero-order chi connectivity index (χ0) is 23.3. The van der Waals surface area contributed by atoms with Crippen LogP contribution in [0.3, 0.4) is 0 Å². The molecule has 0 aliphatic rings. The maximum Gasteiger partial charge on any atom is 0.410 e. The predicted octanol–water partition coefficient (Wildman–Crippen LogP) is 6.23. The Morgan fingerprint density at radius 1 is 1.03 bits per heavy atom. The maximum atomic E-state index is 13.2. The van der Waals surface area contributed by atoms with Crippen molar-refractivity contribution in [2.75, 3.05) is 13.6 Å². The third-order valence-corrected chi connectivity index (χ3v) is 5.51. The number of hydrogen-bond acceptors (Lipinski definition) is 4. The first-order valence-corrected chi connectivity index (χ1v) is 11.2. The number of amides is 1. The third-order valence-electron chi connectivity index (χ3n) is 5.02. The molecule has 30 heavy (non-hydrogen) atoms. The summed E-state index contributed by atoms with van der Waals surface area (Å²) in [6, 6.07) is 7.98. The van der Waals surface area contributed by atoms with Crippen LogP contribution in [0.4, 0.5) is 4.79 Å². The molecule has 1 rings (SSSR count). The first kappa shape index (κ1) is 26.5. The van der Waals surface area contributed by atoms with Crippen molar-refractivity contribution < 1.29 is 19.1 Å². The lowest BCUT2D eigenvalue weighted by Gasteiger charge is -2.37. The molecule has 0 N–H and O–H groups in total. The zero-order valence-corrected chi connectivity index (χ0v) is 21.6. The molecule has 1 aromatic rings. The van der Waals surface area contributed by atoms with Crippen molar-refractivity contribution in [2.24, 2.45) is 11.3 Å². The molecule has 0 heterocycles. The van der Waals surface area contributed by atoms with E-state index >= 15 is 0 Å². The summed E-state index contributed by atoms with van der Waals surface area (Å²) in [5.74, 6) is -0.237. The van der Waals surface area contributed by atoms with Gasteiger partial charge in [0.25, 0.3) is 0 Å². The minimum absolute atomic E-state index is 0.0174. The molecule has 0 fully saturated rings. The van der Waals surface area contributed by atoms with E-state index in [4.69, 9.17) is 9.47 Å². The SMILES string of the molecule is C[C@H](CCN(C)C(=O)OC(C)(C)C)C(C)(Cc1cccc(Br)c1)C(=O)OC(C)(C)C. The Kier molecular flexibility index (Phi) is 8.97. The molecule has 0 bridgehead atoms. The van der Waals surface area contributed by atoms with Crippen molar-refractivity contribution >= 4 is 28.0 Å². The van der Waals surface area contributed by atoms with Gasteiger partial charge in [0.1, 0.15) is 11.2 Å². The molecule has 0 aliphatic carbocycles. The molecule has 6 heteroatoms. The normalized spacial score (nSPS) is 15.1. The van der Waals surface area contributed by atoms with Crippen LogP contribution in [0, 0.1) is 11.3 Å². The topological polar surface area (TPSA) is 55.8 Å². The smallest absolute Gasteiger partial charge is 0.410 e. The summed E-state index contributed by atoms with van der Waals surface area (Å²) in [6.45, 7) is 15.7. The van der Waals surface area contributed by atoms with Gasteiger partial charge in [-0.25, -0.2) is 4.79 Å². The minimum Gasteiger partial charge on any atom is -0.460 e. The van der Waals surface area contributed by atoms with E-state index in [0.717, 1.165) is 10.0 Å². The van der Waals surface area contributed by atoms with Crippen LogP contribution < -0.4 is 0 Å². The van der Waals surface area contributed by atoms with Gasteiger partial charge in [-0.05, 0) is 84.9 Å². The number of benzene rings is 1. The van der Waals surface area contributed by atoms with Crippen molar-refractivity contribution in [3.63, 3.8) is 0 Å². The fourth-order valence-corrected chi connectivity index (χ4v) is 3.50. The molecule has 0 aliphatic heterocycles. The summed E-state index contributed by atoms with van der Waals surface area (Å²) >= 11 is 3.51. The fraction of sp³-hybridized carbons (Fsp3) is 0.667. The summed E-state index contributed by atoms with van der Waals surface area (Å²) < 4.78 is 12.2. The van der Waals surface area contributed by atoms with Gasteiger partial charge in [0.2, 0.25) is 0 Å². The van der Waals surface area contributed by atoms with Crippen LogP contribution in [-0.4, -0.2) is 41.8 Å². The van der Waals surface area contributed by atoms with Gasteiger partial charge in [0.15, 0.2) is 0 Å². The first-order valence-electron chi connectivity index (χ1n) is 10.5. The maximum absolute atomic E-state index is 13.2. The van der Waals surface area contributed by atoms with Crippen molar-refractivity contribution in [3.8, 4) is 0 Å². The molecule has 0 radical (unpaired) electrons. The van der Waals surface area contributed by atoms with Crippen molar-refractivity contribution in [2.45, 2.75) is 79.4 Å². The highest BCUT2D eigenvalue weighted by Crippen LogP contribution is 2.37. The van der Waals surface area contributed by atoms with Gasteiger partial charge >= 0.3 is 12.1 Å². The van der Waals surface area contributed by atoms with Crippen LogP contribution in [0.5, 0.6) is 0 Å². The van der Waals surface area contributed by atoms with E-state index in [-0.39, 0.29) is 18.0 Å². The molecule has 170 valence electrons. The summed E-state index contributed by atoms with van der Waals surface area (Å²) in [4.78, 5) is 27.1. The molecule has 2 atom stereocenters. The fourth-order valence-electron chi connectivity index (χ4n) is 3.05. The predicted molar refractivity (Wildman–Crippen MR) is 124 cm³/mol. The number of carbonyl (C=O) groups excluding carboxylic acids is 2. The van der Waals surface area contributed by atoms with Crippen LogP contribution in [0.2, 0.25) is 0 Å². The van der Waals surface area contributed by atoms with Gasteiger partial charge in [0.05, 0.1) is 5.41 Å². The standard InChI is InChI=1S/C24H38BrNO4/c1-17(13-14-26(9)21(28)30-23(5,6)7)24(8,20(27)29-22(2,3)4)16-18-11-10-12-19(25)15-18/h10-12,15,17H,13-14,16H2,1-9H3/t17-,24?/m1/s1. The van der Waals surface area contributed by atoms with E-state index in [0.29, 0.717) is 19.4 Å². The molecule has 0 spiro atoms. The lowest BCUT2D eigenvalue weighted by atomic mass is 9.72. The number of rotatable bonds is 7. The molecule has 0 saturated heterocycles. The number of carbonyl (C=O) groups is 2. The van der Waals surface area contributed by atoms with E-state index in [1.54, 1.807) is 11.9 Å². The van der Waals surface area contributed by atoms with E-state index in [1.807, 2.05) is 79.7 Å². The van der Waals surface area contributed by atoms with Crippen molar-refractivity contribution in [1.82, 2.24) is 4.90 Å². The lowest BCUT2D eigenvalue weighted by Crippen LogP contribution is -2.43. The molecular formula is C24H38BrNO4. The average molecular weight is 484 g/mol. The van der Waals surface area contributed by atoms with Crippen LogP contribution in [0.1, 0.15) is 67.4 Å². The molecule has 1 unspecified atom stereocenters. The van der Waals surface area contributed by atoms with Crippen molar-refractivity contribution in [1.29, 1.82) is 0 Å². The highest BCUT2D eigenvalue weighted by molar-refractivity contribution is 9.10. The molecule has 5 nitrogen and oxygen atoms in total. The minimum atomic E-state index is -0.733. The molecule has 1 amide bonds. The Bertz CT molecular complexity index is 735. The van der Waals surface area contributed by atoms with Crippen LogP contribution in [-0.2, 0) is 20.7 Å².